The van der Waals surface area contributed by atoms with Gasteiger partial charge in [-0.25, -0.2) is 4.79 Å². The van der Waals surface area contributed by atoms with E-state index in [0.717, 1.165) is 11.6 Å². The minimum atomic E-state index is -4.65. The third-order valence-corrected chi connectivity index (χ3v) is 6.67. The average Bonchev–Trinajstić information content (AvgIpc) is 2.92. The number of hydrogen-bond donors (Lipinski definition) is 1. The first-order valence-electron chi connectivity index (χ1n) is 12.0. The van der Waals surface area contributed by atoms with Gasteiger partial charge in [-0.05, 0) is 73.2 Å². The molecule has 1 fully saturated rings. The summed E-state index contributed by atoms with van der Waals surface area (Å²) in [6, 6.07) is 13.2. The fourth-order valence-corrected chi connectivity index (χ4v) is 4.59. The smallest absolute Gasteiger partial charge is 0.418 e. The van der Waals surface area contributed by atoms with Crippen molar-refractivity contribution in [2.75, 3.05) is 25.5 Å². The zero-order valence-corrected chi connectivity index (χ0v) is 20.8. The Morgan fingerprint density at radius 1 is 1.00 bits per heavy atom. The van der Waals surface area contributed by atoms with Crippen LogP contribution < -0.4 is 5.32 Å². The number of piperidine rings is 1. The normalized spacial score (nSPS) is 14.2. The zero-order valence-electron chi connectivity index (χ0n) is 20.8. The second-order valence-electron chi connectivity index (χ2n) is 9.08. The van der Waals surface area contributed by atoms with E-state index >= 15 is 0 Å². The van der Waals surface area contributed by atoms with E-state index in [1.807, 2.05) is 12.1 Å². The standard InChI is InChI=1S/C28H26F3N3O4/c1-17-15-20(27(37)38-2)5-8-22(17)25(35)33-21-6-3-18(4-7-21)19-10-13-34(14-11-19)26(36)23-9-12-32-16-24(23)28(29,30)31/h3-9,12,15-16,19H,10-11,13-14H2,1-2H3,(H,33,35). The number of alkyl halides is 3. The molecule has 2 aromatic carbocycles. The molecule has 38 heavy (non-hydrogen) atoms. The van der Waals surface area contributed by atoms with Crippen molar-refractivity contribution in [1.29, 1.82) is 0 Å². The third-order valence-electron chi connectivity index (χ3n) is 6.67. The largest absolute Gasteiger partial charge is 0.465 e. The van der Waals surface area contributed by atoms with Crippen molar-refractivity contribution < 1.29 is 32.3 Å². The minimum Gasteiger partial charge on any atom is -0.465 e. The van der Waals surface area contributed by atoms with Gasteiger partial charge in [0.2, 0.25) is 0 Å². The number of likely N-dealkylation sites (tertiary alicyclic amines) is 1. The number of pyridine rings is 1. The summed E-state index contributed by atoms with van der Waals surface area (Å²) in [6.07, 6.45) is -1.57. The Kier molecular flexibility index (Phi) is 7.80. The van der Waals surface area contributed by atoms with Crippen LogP contribution in [0.25, 0.3) is 0 Å². The van der Waals surface area contributed by atoms with Crippen molar-refractivity contribution >= 4 is 23.5 Å². The molecule has 0 spiro atoms. The molecule has 0 bridgehead atoms. The number of ether oxygens (including phenoxy) is 1. The Morgan fingerprint density at radius 2 is 1.68 bits per heavy atom. The maximum absolute atomic E-state index is 13.3. The highest BCUT2D eigenvalue weighted by atomic mass is 19.4. The Labute approximate surface area is 217 Å². The molecule has 198 valence electrons. The van der Waals surface area contributed by atoms with Crippen molar-refractivity contribution in [3.05, 3.63) is 94.3 Å². The van der Waals surface area contributed by atoms with Crippen molar-refractivity contribution in [3.63, 3.8) is 0 Å². The SMILES string of the molecule is COC(=O)c1ccc(C(=O)Nc2ccc(C3CCN(C(=O)c4ccncc4C(F)(F)F)CC3)cc2)c(C)c1. The molecule has 2 amide bonds. The average molecular weight is 526 g/mol. The predicted molar refractivity (Wildman–Crippen MR) is 134 cm³/mol. The van der Waals surface area contributed by atoms with E-state index in [9.17, 15) is 27.6 Å². The molecule has 3 aromatic rings. The van der Waals surface area contributed by atoms with Gasteiger partial charge in [0.15, 0.2) is 0 Å². The summed E-state index contributed by atoms with van der Waals surface area (Å²) in [5, 5.41) is 2.84. The van der Waals surface area contributed by atoms with Gasteiger partial charge in [0.1, 0.15) is 0 Å². The van der Waals surface area contributed by atoms with Crippen LogP contribution in [0.5, 0.6) is 0 Å². The number of nitrogens with zero attached hydrogens (tertiary/aromatic N) is 2. The highest BCUT2D eigenvalue weighted by Gasteiger charge is 2.37. The van der Waals surface area contributed by atoms with Crippen molar-refractivity contribution in [1.82, 2.24) is 9.88 Å². The molecule has 10 heteroatoms. The molecule has 7 nitrogen and oxygen atoms in total. The molecule has 1 aliphatic rings. The summed E-state index contributed by atoms with van der Waals surface area (Å²) in [5.41, 5.74) is 1.63. The first-order valence-corrected chi connectivity index (χ1v) is 12.0. The molecule has 0 aliphatic carbocycles. The summed E-state index contributed by atoms with van der Waals surface area (Å²) in [6.45, 7) is 2.41. The number of halogens is 3. The van der Waals surface area contributed by atoms with Crippen LogP contribution in [0, 0.1) is 6.92 Å². The number of hydrogen-bond acceptors (Lipinski definition) is 5. The zero-order chi connectivity index (χ0) is 27.4. The van der Waals surface area contributed by atoms with Crippen LogP contribution in [0.15, 0.2) is 60.9 Å². The highest BCUT2D eigenvalue weighted by Crippen LogP contribution is 2.34. The van der Waals surface area contributed by atoms with Gasteiger partial charge >= 0.3 is 12.1 Å². The van der Waals surface area contributed by atoms with Gasteiger partial charge in [0.05, 0.1) is 23.8 Å². The molecule has 0 unspecified atom stereocenters. The topological polar surface area (TPSA) is 88.6 Å². The van der Waals surface area contributed by atoms with E-state index in [2.05, 4.69) is 10.3 Å². The maximum atomic E-state index is 13.3. The predicted octanol–water partition coefficient (Wildman–Crippen LogP) is 5.47. The van der Waals surface area contributed by atoms with E-state index in [1.54, 1.807) is 31.2 Å². The van der Waals surface area contributed by atoms with Crippen LogP contribution in [0.2, 0.25) is 0 Å². The van der Waals surface area contributed by atoms with E-state index in [0.29, 0.717) is 54.5 Å². The number of esters is 1. The number of anilines is 1. The van der Waals surface area contributed by atoms with Crippen LogP contribution >= 0.6 is 0 Å². The van der Waals surface area contributed by atoms with E-state index < -0.39 is 23.6 Å². The molecule has 1 aliphatic heterocycles. The van der Waals surface area contributed by atoms with Gasteiger partial charge in [-0.15, -0.1) is 0 Å². The lowest BCUT2D eigenvalue weighted by Gasteiger charge is -2.32. The number of benzene rings is 2. The highest BCUT2D eigenvalue weighted by molar-refractivity contribution is 6.06. The Balaban J connectivity index is 1.36. The number of aromatic nitrogens is 1. The van der Waals surface area contributed by atoms with Gasteiger partial charge in [-0.2, -0.15) is 13.2 Å². The van der Waals surface area contributed by atoms with Crippen molar-refractivity contribution in [3.8, 4) is 0 Å². The summed E-state index contributed by atoms with van der Waals surface area (Å²) in [4.78, 5) is 42.2. The lowest BCUT2D eigenvalue weighted by Crippen LogP contribution is -2.38. The van der Waals surface area contributed by atoms with Crippen molar-refractivity contribution in [2.45, 2.75) is 31.9 Å². The molecule has 0 saturated carbocycles. The summed E-state index contributed by atoms with van der Waals surface area (Å²) >= 11 is 0. The van der Waals surface area contributed by atoms with Crippen LogP contribution in [0.1, 0.15) is 66.5 Å². The Morgan fingerprint density at radius 3 is 2.29 bits per heavy atom. The first-order chi connectivity index (χ1) is 18.1. The summed E-state index contributed by atoms with van der Waals surface area (Å²) in [5.74, 6) is -1.30. The first kappa shape index (κ1) is 26.8. The summed E-state index contributed by atoms with van der Waals surface area (Å²) < 4.78 is 44.6. The molecule has 0 atom stereocenters. The number of nitrogens with one attached hydrogen (secondary N) is 1. The molecule has 4 rings (SSSR count). The fourth-order valence-electron chi connectivity index (χ4n) is 4.59. The third kappa shape index (κ3) is 5.85. The quantitative estimate of drug-likeness (QED) is 0.447. The molecular formula is C28H26F3N3O4. The lowest BCUT2D eigenvalue weighted by molar-refractivity contribution is -0.138. The van der Waals surface area contributed by atoms with Gasteiger partial charge in [0, 0.05) is 36.7 Å². The van der Waals surface area contributed by atoms with Crippen LogP contribution in [0.4, 0.5) is 18.9 Å². The second kappa shape index (κ2) is 11.0. The lowest BCUT2D eigenvalue weighted by atomic mass is 9.89. The maximum Gasteiger partial charge on any atom is 0.418 e. The number of amides is 2. The molecular weight excluding hydrogens is 499 g/mol. The number of methoxy groups -OCH3 is 1. The van der Waals surface area contributed by atoms with E-state index in [-0.39, 0.29) is 17.4 Å². The number of rotatable bonds is 5. The number of carbonyl (C=O) groups excluding carboxylic acids is 3. The molecule has 1 N–H and O–H groups in total. The second-order valence-corrected chi connectivity index (χ2v) is 9.08. The van der Waals surface area contributed by atoms with Crippen LogP contribution in [-0.4, -0.2) is 47.9 Å². The van der Waals surface area contributed by atoms with E-state index in [4.69, 9.17) is 4.74 Å². The Hall–Kier alpha value is -4.21. The number of aryl methyl sites for hydroxylation is 1. The molecule has 0 radical (unpaired) electrons. The Bertz CT molecular complexity index is 1350. The fraction of sp³-hybridized carbons (Fsp3) is 0.286. The van der Waals surface area contributed by atoms with Gasteiger partial charge in [-0.3, -0.25) is 14.6 Å². The minimum absolute atomic E-state index is 0.136. The van der Waals surface area contributed by atoms with E-state index in [1.165, 1.54) is 24.3 Å². The molecule has 1 saturated heterocycles. The number of carbonyl (C=O) groups is 3. The van der Waals surface area contributed by atoms with Gasteiger partial charge in [-0.1, -0.05) is 12.1 Å². The van der Waals surface area contributed by atoms with Gasteiger partial charge in [0.25, 0.3) is 11.8 Å². The monoisotopic (exact) mass is 525 g/mol. The van der Waals surface area contributed by atoms with Crippen LogP contribution in [0.3, 0.4) is 0 Å². The summed E-state index contributed by atoms with van der Waals surface area (Å²) in [7, 11) is 1.29. The molecule has 2 heterocycles. The van der Waals surface area contributed by atoms with Crippen LogP contribution in [-0.2, 0) is 10.9 Å². The molecule has 1 aromatic heterocycles. The van der Waals surface area contributed by atoms with Crippen molar-refractivity contribution in [2.24, 2.45) is 0 Å². The van der Waals surface area contributed by atoms with Gasteiger partial charge < -0.3 is 15.0 Å².